The van der Waals surface area contributed by atoms with Crippen LogP contribution in [0, 0.1) is 0 Å². The predicted octanol–water partition coefficient (Wildman–Crippen LogP) is 2.12. The molecule has 0 atom stereocenters. The molecule has 0 radical (unpaired) electrons. The molecule has 1 aliphatic heterocycles. The van der Waals surface area contributed by atoms with Crippen molar-refractivity contribution < 1.29 is 0 Å². The summed E-state index contributed by atoms with van der Waals surface area (Å²) in [6, 6.07) is 2.14. The second-order valence-corrected chi connectivity index (χ2v) is 4.68. The molecule has 4 heteroatoms. The fraction of sp³-hybridized carbons (Fsp3) is 0.286. The lowest BCUT2D eigenvalue weighted by Crippen LogP contribution is -2.21. The van der Waals surface area contributed by atoms with E-state index in [0.717, 1.165) is 17.3 Å². The molecule has 2 heterocycles. The largest absolute Gasteiger partial charge is 0.374 e. The molecule has 0 unspecified atom stereocenters. The molecule has 1 aromatic rings. The monoisotopic (exact) mass is 201 g/mol. The van der Waals surface area contributed by atoms with Gasteiger partial charge >= 0.3 is 0 Å². The van der Waals surface area contributed by atoms with Crippen molar-refractivity contribution in [1.82, 2.24) is 5.32 Å². The minimum atomic E-state index is 0.917. The lowest BCUT2D eigenvalue weighted by Gasteiger charge is -1.98. The normalized spacial score (nSPS) is 16.9. The second kappa shape index (κ2) is 3.13. The van der Waals surface area contributed by atoms with Crippen LogP contribution < -0.4 is 5.32 Å². The van der Waals surface area contributed by atoms with Gasteiger partial charge in [-0.2, -0.15) is 0 Å². The van der Waals surface area contributed by atoms with Gasteiger partial charge in [0.2, 0.25) is 0 Å². The first-order valence-corrected chi connectivity index (χ1v) is 5.64. The lowest BCUT2D eigenvalue weighted by molar-refractivity contribution is 1.00. The fourth-order valence-electron chi connectivity index (χ4n) is 0.983. The van der Waals surface area contributed by atoms with E-state index in [1.165, 1.54) is 9.77 Å². The summed E-state index contributed by atoms with van der Waals surface area (Å²) < 4.78 is 0. The van der Waals surface area contributed by atoms with Crippen LogP contribution in [0.25, 0.3) is 0 Å². The van der Waals surface area contributed by atoms with Crippen LogP contribution in [0.1, 0.15) is 4.88 Å². The highest BCUT2D eigenvalue weighted by Crippen LogP contribution is 2.29. The summed E-state index contributed by atoms with van der Waals surface area (Å²) in [6.07, 6.45) is 0. The van der Waals surface area contributed by atoms with Gasteiger partial charge in [0.25, 0.3) is 0 Å². The second-order valence-electron chi connectivity index (χ2n) is 2.22. The summed E-state index contributed by atoms with van der Waals surface area (Å²) >= 11 is 8.79. The molecule has 0 aromatic carbocycles. The summed E-state index contributed by atoms with van der Waals surface area (Å²) in [4.78, 5) is 3.49. The summed E-state index contributed by atoms with van der Waals surface area (Å²) in [6.45, 7) is 0.991. The molecule has 2 rings (SSSR count). The number of fused-ring (bicyclic) bond motifs is 1. The van der Waals surface area contributed by atoms with Crippen molar-refractivity contribution >= 4 is 40.3 Å². The van der Waals surface area contributed by atoms with Gasteiger partial charge in [0.15, 0.2) is 0 Å². The zero-order chi connectivity index (χ0) is 7.68. The van der Waals surface area contributed by atoms with Crippen molar-refractivity contribution in [1.29, 1.82) is 0 Å². The molecule has 1 aliphatic rings. The highest BCUT2D eigenvalue weighted by atomic mass is 32.2. The molecular formula is C7H7NS3. The Hall–Kier alpha value is -0.0600. The van der Waals surface area contributed by atoms with Gasteiger partial charge in [-0.15, -0.1) is 23.1 Å². The summed E-state index contributed by atoms with van der Waals surface area (Å²) in [7, 11) is 0. The van der Waals surface area contributed by atoms with Gasteiger partial charge in [0.05, 0.1) is 4.88 Å². The Labute approximate surface area is 79.2 Å². The van der Waals surface area contributed by atoms with Crippen LogP contribution in [-0.2, 0) is 0 Å². The lowest BCUT2D eigenvalue weighted by atomic mass is 10.4. The molecule has 0 aliphatic carbocycles. The van der Waals surface area contributed by atoms with E-state index in [4.69, 9.17) is 12.2 Å². The van der Waals surface area contributed by atoms with Crippen molar-refractivity contribution in [2.24, 2.45) is 0 Å². The molecule has 0 bridgehead atoms. The van der Waals surface area contributed by atoms with Gasteiger partial charge in [0, 0.05) is 17.2 Å². The summed E-state index contributed by atoms with van der Waals surface area (Å²) in [5.41, 5.74) is 0. The van der Waals surface area contributed by atoms with Crippen molar-refractivity contribution in [3.8, 4) is 0 Å². The topological polar surface area (TPSA) is 12.0 Å². The van der Waals surface area contributed by atoms with Gasteiger partial charge in [-0.05, 0) is 11.4 Å². The van der Waals surface area contributed by atoms with E-state index in [9.17, 15) is 0 Å². The Bertz CT molecular complexity index is 279. The van der Waals surface area contributed by atoms with Crippen molar-refractivity contribution in [3.63, 3.8) is 0 Å². The molecule has 1 N–H and O–H groups in total. The van der Waals surface area contributed by atoms with Gasteiger partial charge in [-0.1, -0.05) is 12.2 Å². The number of thioether (sulfide) groups is 1. The van der Waals surface area contributed by atoms with Gasteiger partial charge < -0.3 is 5.32 Å². The molecule has 0 fully saturated rings. The number of hydrogen-bond donors (Lipinski definition) is 1. The van der Waals surface area contributed by atoms with Crippen LogP contribution in [0.3, 0.4) is 0 Å². The Morgan fingerprint density at radius 1 is 1.55 bits per heavy atom. The first-order valence-electron chi connectivity index (χ1n) is 3.36. The highest BCUT2D eigenvalue weighted by molar-refractivity contribution is 7.99. The molecule has 58 valence electrons. The molecule has 11 heavy (non-hydrogen) atoms. The zero-order valence-corrected chi connectivity index (χ0v) is 8.24. The average Bonchev–Trinajstić information content (AvgIpc) is 2.40. The highest BCUT2D eigenvalue weighted by Gasteiger charge is 2.12. The van der Waals surface area contributed by atoms with Gasteiger partial charge in [-0.25, -0.2) is 0 Å². The fourth-order valence-corrected chi connectivity index (χ4v) is 3.34. The molecule has 0 saturated carbocycles. The maximum absolute atomic E-state index is 5.19. The minimum absolute atomic E-state index is 0.917. The predicted molar refractivity (Wildman–Crippen MR) is 54.7 cm³/mol. The number of nitrogens with one attached hydrogen (secondary N) is 1. The first-order chi connectivity index (χ1) is 5.38. The van der Waals surface area contributed by atoms with E-state index in [0.29, 0.717) is 0 Å². The van der Waals surface area contributed by atoms with Crippen LogP contribution >= 0.6 is 35.3 Å². The zero-order valence-electron chi connectivity index (χ0n) is 5.79. The van der Waals surface area contributed by atoms with Crippen molar-refractivity contribution in [2.75, 3.05) is 12.3 Å². The Kier molecular flexibility index (Phi) is 2.16. The molecular weight excluding hydrogens is 194 g/mol. The summed E-state index contributed by atoms with van der Waals surface area (Å²) in [5, 5.41) is 5.30. The number of hydrogen-bond acceptors (Lipinski definition) is 3. The van der Waals surface area contributed by atoms with Crippen LogP contribution in [0.15, 0.2) is 16.3 Å². The van der Waals surface area contributed by atoms with Crippen LogP contribution in [0.5, 0.6) is 0 Å². The van der Waals surface area contributed by atoms with E-state index in [1.807, 2.05) is 11.8 Å². The third kappa shape index (κ3) is 1.43. The number of rotatable bonds is 0. The van der Waals surface area contributed by atoms with Gasteiger partial charge in [0.1, 0.15) is 4.99 Å². The molecule has 0 saturated heterocycles. The van der Waals surface area contributed by atoms with E-state index < -0.39 is 0 Å². The van der Waals surface area contributed by atoms with Crippen LogP contribution in [0.2, 0.25) is 0 Å². The smallest absolute Gasteiger partial charge is 0.117 e. The molecule has 1 aromatic heterocycles. The number of thiophene rings is 1. The van der Waals surface area contributed by atoms with E-state index >= 15 is 0 Å². The maximum Gasteiger partial charge on any atom is 0.117 e. The Morgan fingerprint density at radius 2 is 2.45 bits per heavy atom. The third-order valence-electron chi connectivity index (χ3n) is 1.48. The average molecular weight is 201 g/mol. The molecule has 0 amide bonds. The number of thiocarbonyl (C=S) groups is 1. The SMILES string of the molecule is S=C1NCCSc2ccsc21. The van der Waals surface area contributed by atoms with Crippen LogP contribution in [0.4, 0.5) is 0 Å². The van der Waals surface area contributed by atoms with Gasteiger partial charge in [-0.3, -0.25) is 0 Å². The Balaban J connectivity index is 2.41. The standard InChI is InChI=1S/C7H7NS3/c9-7-6-5(1-3-11-6)10-4-2-8-7/h1,3H,2,4H2,(H,8,9). The molecule has 1 nitrogen and oxygen atoms in total. The molecule has 0 spiro atoms. The first kappa shape index (κ1) is 7.58. The van der Waals surface area contributed by atoms with Crippen LogP contribution in [-0.4, -0.2) is 17.3 Å². The van der Waals surface area contributed by atoms with E-state index in [1.54, 1.807) is 11.3 Å². The third-order valence-corrected chi connectivity index (χ3v) is 4.08. The van der Waals surface area contributed by atoms with E-state index in [2.05, 4.69) is 16.8 Å². The maximum atomic E-state index is 5.19. The quantitative estimate of drug-likeness (QED) is 0.646. The minimum Gasteiger partial charge on any atom is -0.374 e. The Morgan fingerprint density at radius 3 is 3.36 bits per heavy atom. The van der Waals surface area contributed by atoms with Crippen molar-refractivity contribution in [3.05, 3.63) is 16.3 Å². The summed E-state index contributed by atoms with van der Waals surface area (Å²) in [5.74, 6) is 1.11. The van der Waals surface area contributed by atoms with Crippen molar-refractivity contribution in [2.45, 2.75) is 4.90 Å². The van der Waals surface area contributed by atoms with E-state index in [-0.39, 0.29) is 0 Å².